The van der Waals surface area contributed by atoms with Crippen LogP contribution in [0.1, 0.15) is 19.4 Å². The molecule has 0 bridgehead atoms. The molecular formula is C20H24FN3O3. The number of rotatable bonds is 7. The lowest BCUT2D eigenvalue weighted by Gasteiger charge is -2.11. The fourth-order valence-electron chi connectivity index (χ4n) is 2.22. The zero-order valence-electron chi connectivity index (χ0n) is 15.4. The molecule has 3 amide bonds. The van der Waals surface area contributed by atoms with E-state index in [0.29, 0.717) is 30.9 Å². The van der Waals surface area contributed by atoms with Crippen LogP contribution < -0.4 is 16.0 Å². The molecule has 0 saturated carbocycles. The zero-order chi connectivity index (χ0) is 19.6. The van der Waals surface area contributed by atoms with Gasteiger partial charge in [0, 0.05) is 17.9 Å². The standard InChI is InChI=1S/C20H24FN3O3/c1-14(2)13-27-20(26)24-18-5-3-4-17(12-18)23-19(25)22-11-10-15-6-8-16(21)9-7-15/h3-9,12,14H,10-11,13H2,1-2H3,(H,24,26)(H2,22,23,25). The Kier molecular flexibility index (Phi) is 7.61. The molecule has 0 aliphatic rings. The molecule has 27 heavy (non-hydrogen) atoms. The van der Waals surface area contributed by atoms with Crippen molar-refractivity contribution < 1.29 is 18.7 Å². The van der Waals surface area contributed by atoms with Crippen LogP contribution in [0.4, 0.5) is 25.4 Å². The number of ether oxygens (including phenoxy) is 1. The normalized spacial score (nSPS) is 10.4. The molecule has 2 rings (SSSR count). The average molecular weight is 373 g/mol. The molecule has 144 valence electrons. The third kappa shape index (κ3) is 7.77. The minimum Gasteiger partial charge on any atom is -0.449 e. The van der Waals surface area contributed by atoms with Crippen molar-refractivity contribution in [1.29, 1.82) is 0 Å². The molecule has 3 N–H and O–H groups in total. The predicted molar refractivity (Wildman–Crippen MR) is 103 cm³/mol. The Bertz CT molecular complexity index is 763. The van der Waals surface area contributed by atoms with E-state index in [4.69, 9.17) is 4.74 Å². The second-order valence-corrected chi connectivity index (χ2v) is 6.46. The quantitative estimate of drug-likeness (QED) is 0.673. The van der Waals surface area contributed by atoms with Crippen molar-refractivity contribution >= 4 is 23.5 Å². The van der Waals surface area contributed by atoms with E-state index < -0.39 is 6.09 Å². The van der Waals surface area contributed by atoms with Crippen molar-refractivity contribution in [3.8, 4) is 0 Å². The monoisotopic (exact) mass is 373 g/mol. The molecule has 0 unspecified atom stereocenters. The number of anilines is 2. The van der Waals surface area contributed by atoms with E-state index in [0.717, 1.165) is 5.56 Å². The summed E-state index contributed by atoms with van der Waals surface area (Å²) in [4.78, 5) is 23.7. The van der Waals surface area contributed by atoms with Gasteiger partial charge in [-0.05, 0) is 48.2 Å². The lowest BCUT2D eigenvalue weighted by Crippen LogP contribution is -2.30. The van der Waals surface area contributed by atoms with Crippen LogP contribution in [0.2, 0.25) is 0 Å². The summed E-state index contributed by atoms with van der Waals surface area (Å²) in [7, 11) is 0. The van der Waals surface area contributed by atoms with Crippen molar-refractivity contribution in [2.24, 2.45) is 5.92 Å². The Morgan fingerprint density at radius 1 is 1.04 bits per heavy atom. The largest absolute Gasteiger partial charge is 0.449 e. The SMILES string of the molecule is CC(C)COC(=O)Nc1cccc(NC(=O)NCCc2ccc(F)cc2)c1. The molecule has 0 fully saturated rings. The highest BCUT2D eigenvalue weighted by atomic mass is 19.1. The Morgan fingerprint density at radius 2 is 1.70 bits per heavy atom. The summed E-state index contributed by atoms with van der Waals surface area (Å²) >= 11 is 0. The van der Waals surface area contributed by atoms with E-state index in [1.54, 1.807) is 36.4 Å². The lowest BCUT2D eigenvalue weighted by molar-refractivity contribution is 0.147. The number of halogens is 1. The topological polar surface area (TPSA) is 79.5 Å². The Balaban J connectivity index is 1.78. The van der Waals surface area contributed by atoms with Gasteiger partial charge in [0.1, 0.15) is 5.82 Å². The molecule has 0 radical (unpaired) electrons. The van der Waals surface area contributed by atoms with E-state index in [-0.39, 0.29) is 17.8 Å². The van der Waals surface area contributed by atoms with Gasteiger partial charge in [-0.1, -0.05) is 32.0 Å². The van der Waals surface area contributed by atoms with E-state index in [2.05, 4.69) is 16.0 Å². The van der Waals surface area contributed by atoms with Crippen LogP contribution in [0.3, 0.4) is 0 Å². The van der Waals surface area contributed by atoms with Gasteiger partial charge in [-0.3, -0.25) is 5.32 Å². The number of benzene rings is 2. The zero-order valence-corrected chi connectivity index (χ0v) is 15.4. The van der Waals surface area contributed by atoms with Gasteiger partial charge in [0.15, 0.2) is 0 Å². The molecule has 0 spiro atoms. The maximum Gasteiger partial charge on any atom is 0.411 e. The second-order valence-electron chi connectivity index (χ2n) is 6.46. The second kappa shape index (κ2) is 10.2. The first kappa shape index (κ1) is 20.2. The van der Waals surface area contributed by atoms with Gasteiger partial charge in [0.25, 0.3) is 0 Å². The average Bonchev–Trinajstić information content (AvgIpc) is 2.62. The fraction of sp³-hybridized carbons (Fsp3) is 0.300. The fourth-order valence-corrected chi connectivity index (χ4v) is 2.22. The number of carbonyl (C=O) groups is 2. The minimum absolute atomic E-state index is 0.252. The van der Waals surface area contributed by atoms with Crippen LogP contribution in [0.5, 0.6) is 0 Å². The van der Waals surface area contributed by atoms with Gasteiger partial charge in [-0.25, -0.2) is 14.0 Å². The molecule has 2 aromatic carbocycles. The lowest BCUT2D eigenvalue weighted by atomic mass is 10.1. The molecule has 2 aromatic rings. The maximum atomic E-state index is 12.9. The Morgan fingerprint density at radius 3 is 2.37 bits per heavy atom. The van der Waals surface area contributed by atoms with Gasteiger partial charge in [0.05, 0.1) is 6.61 Å². The highest BCUT2D eigenvalue weighted by molar-refractivity contribution is 5.91. The van der Waals surface area contributed by atoms with Crippen LogP contribution in [0.25, 0.3) is 0 Å². The number of carbonyl (C=O) groups excluding carboxylic acids is 2. The maximum absolute atomic E-state index is 12.9. The van der Waals surface area contributed by atoms with Crippen LogP contribution in [-0.2, 0) is 11.2 Å². The first-order valence-corrected chi connectivity index (χ1v) is 8.75. The molecule has 0 saturated heterocycles. The summed E-state index contributed by atoms with van der Waals surface area (Å²) in [6.07, 6.45) is 0.0568. The summed E-state index contributed by atoms with van der Waals surface area (Å²) in [6.45, 7) is 4.65. The summed E-state index contributed by atoms with van der Waals surface area (Å²) in [5.74, 6) is -0.0339. The van der Waals surface area contributed by atoms with Gasteiger partial charge in [0.2, 0.25) is 0 Å². The summed E-state index contributed by atoms with van der Waals surface area (Å²) < 4.78 is 17.9. The van der Waals surface area contributed by atoms with Crippen molar-refractivity contribution in [3.05, 3.63) is 59.9 Å². The molecule has 0 aliphatic heterocycles. The van der Waals surface area contributed by atoms with Crippen LogP contribution >= 0.6 is 0 Å². The Hall–Kier alpha value is -3.09. The van der Waals surface area contributed by atoms with Crippen molar-refractivity contribution in [1.82, 2.24) is 5.32 Å². The number of hydrogen-bond donors (Lipinski definition) is 3. The van der Waals surface area contributed by atoms with Crippen molar-refractivity contribution in [3.63, 3.8) is 0 Å². The molecule has 0 atom stereocenters. The highest BCUT2D eigenvalue weighted by Crippen LogP contribution is 2.15. The smallest absolute Gasteiger partial charge is 0.411 e. The van der Waals surface area contributed by atoms with Crippen LogP contribution in [-0.4, -0.2) is 25.3 Å². The first-order chi connectivity index (χ1) is 12.9. The van der Waals surface area contributed by atoms with Crippen molar-refractivity contribution in [2.75, 3.05) is 23.8 Å². The number of amides is 3. The number of urea groups is 1. The van der Waals surface area contributed by atoms with E-state index in [9.17, 15) is 14.0 Å². The molecule has 7 heteroatoms. The van der Waals surface area contributed by atoms with E-state index in [1.165, 1.54) is 12.1 Å². The van der Waals surface area contributed by atoms with E-state index >= 15 is 0 Å². The summed E-state index contributed by atoms with van der Waals surface area (Å²) in [5, 5.41) is 8.05. The number of hydrogen-bond acceptors (Lipinski definition) is 3. The first-order valence-electron chi connectivity index (χ1n) is 8.75. The molecule has 0 heterocycles. The van der Waals surface area contributed by atoms with Crippen molar-refractivity contribution in [2.45, 2.75) is 20.3 Å². The number of nitrogens with one attached hydrogen (secondary N) is 3. The minimum atomic E-state index is -0.537. The molecule has 0 aromatic heterocycles. The third-order valence-electron chi connectivity index (χ3n) is 3.53. The van der Waals surface area contributed by atoms with Gasteiger partial charge >= 0.3 is 12.1 Å². The van der Waals surface area contributed by atoms with Crippen LogP contribution in [0, 0.1) is 11.7 Å². The summed E-state index contributed by atoms with van der Waals surface area (Å²) in [6, 6.07) is 12.5. The molecule has 0 aliphatic carbocycles. The molecule has 6 nitrogen and oxygen atoms in total. The van der Waals surface area contributed by atoms with Gasteiger partial charge < -0.3 is 15.4 Å². The molecular weight excluding hydrogens is 349 g/mol. The van der Waals surface area contributed by atoms with Crippen LogP contribution in [0.15, 0.2) is 48.5 Å². The van der Waals surface area contributed by atoms with Gasteiger partial charge in [-0.15, -0.1) is 0 Å². The predicted octanol–water partition coefficient (Wildman–Crippen LogP) is 4.39. The third-order valence-corrected chi connectivity index (χ3v) is 3.53. The summed E-state index contributed by atoms with van der Waals surface area (Å²) in [5.41, 5.74) is 1.99. The Labute approximate surface area is 158 Å². The van der Waals surface area contributed by atoms with E-state index in [1.807, 2.05) is 13.8 Å². The van der Waals surface area contributed by atoms with Gasteiger partial charge in [-0.2, -0.15) is 0 Å². The highest BCUT2D eigenvalue weighted by Gasteiger charge is 2.07.